The average Bonchev–Trinajstić information content (AvgIpc) is 3.03. The molecule has 3 N–H and O–H groups in total. The van der Waals surface area contributed by atoms with Crippen LogP contribution < -0.4 is 15.8 Å². The first kappa shape index (κ1) is 23.1. The zero-order valence-corrected chi connectivity index (χ0v) is 20.6. The Balaban J connectivity index is 1.61. The van der Waals surface area contributed by atoms with E-state index in [0.29, 0.717) is 21.8 Å². The van der Waals surface area contributed by atoms with Gasteiger partial charge in [-0.25, -0.2) is 4.98 Å². The first-order valence-electron chi connectivity index (χ1n) is 11.8. The van der Waals surface area contributed by atoms with Crippen molar-refractivity contribution in [3.63, 3.8) is 0 Å². The minimum atomic E-state index is -0.281. The number of nitrogen functional groups attached to an aromatic ring is 1. The third kappa shape index (κ3) is 4.39. The number of Topliss-reactive ketones (excluding diaryl/α,β-unsaturated/α-hetero) is 1. The van der Waals surface area contributed by atoms with Crippen molar-refractivity contribution < 1.29 is 14.3 Å². The van der Waals surface area contributed by atoms with E-state index in [9.17, 15) is 9.59 Å². The predicted octanol–water partition coefficient (Wildman–Crippen LogP) is 6.28. The second-order valence-electron chi connectivity index (χ2n) is 8.81. The highest BCUT2D eigenvalue weighted by atomic mass is 32.1. The van der Waals surface area contributed by atoms with Crippen LogP contribution in [-0.2, 0) is 12.8 Å². The number of nitrogens with one attached hydrogen (secondary N) is 1. The molecule has 2 heterocycles. The van der Waals surface area contributed by atoms with Crippen LogP contribution in [0.3, 0.4) is 0 Å². The maximum atomic E-state index is 13.2. The molecule has 0 aliphatic heterocycles. The number of amides is 1. The highest BCUT2D eigenvalue weighted by Gasteiger charge is 2.25. The molecule has 0 fully saturated rings. The van der Waals surface area contributed by atoms with Crippen LogP contribution >= 0.6 is 11.3 Å². The summed E-state index contributed by atoms with van der Waals surface area (Å²) in [5, 5.41) is 3.76. The number of hydrogen-bond donors (Lipinski definition) is 2. The monoisotopic (exact) mass is 485 g/mol. The van der Waals surface area contributed by atoms with Crippen LogP contribution in [0.1, 0.15) is 57.5 Å². The van der Waals surface area contributed by atoms with Gasteiger partial charge in [0.1, 0.15) is 15.5 Å². The van der Waals surface area contributed by atoms with E-state index in [1.165, 1.54) is 30.2 Å². The molecule has 0 atom stereocenters. The van der Waals surface area contributed by atoms with Crippen molar-refractivity contribution >= 4 is 44.6 Å². The molecule has 7 heteroatoms. The van der Waals surface area contributed by atoms with E-state index in [1.807, 2.05) is 24.3 Å². The molecule has 0 unspecified atom stereocenters. The zero-order chi connectivity index (χ0) is 24.5. The lowest BCUT2D eigenvalue weighted by molar-refractivity contribution is 0.101. The molecule has 6 nitrogen and oxygen atoms in total. The molecule has 0 bridgehead atoms. The summed E-state index contributed by atoms with van der Waals surface area (Å²) in [5.74, 6) is 0.491. The topological polar surface area (TPSA) is 94.3 Å². The van der Waals surface area contributed by atoms with Gasteiger partial charge < -0.3 is 15.8 Å². The Morgan fingerprint density at radius 1 is 1.00 bits per heavy atom. The van der Waals surface area contributed by atoms with E-state index < -0.39 is 0 Å². The molecular formula is C28H27N3O3S. The summed E-state index contributed by atoms with van der Waals surface area (Å²) < 4.78 is 5.35. The number of ketones is 1. The van der Waals surface area contributed by atoms with E-state index in [1.54, 1.807) is 31.4 Å². The smallest absolute Gasteiger partial charge is 0.267 e. The number of rotatable bonds is 5. The molecule has 0 spiro atoms. The van der Waals surface area contributed by atoms with Crippen LogP contribution in [-0.4, -0.2) is 23.8 Å². The van der Waals surface area contributed by atoms with Crippen molar-refractivity contribution in [3.8, 4) is 16.9 Å². The number of thiophene rings is 1. The van der Waals surface area contributed by atoms with Gasteiger partial charge in [0.05, 0.1) is 12.8 Å². The average molecular weight is 486 g/mol. The van der Waals surface area contributed by atoms with Gasteiger partial charge in [-0.2, -0.15) is 0 Å². The molecule has 1 aliphatic carbocycles. The molecule has 178 valence electrons. The van der Waals surface area contributed by atoms with Crippen LogP contribution in [0.4, 0.5) is 11.4 Å². The highest BCUT2D eigenvalue weighted by molar-refractivity contribution is 7.21. The lowest BCUT2D eigenvalue weighted by atomic mass is 9.92. The number of hydrogen-bond acceptors (Lipinski definition) is 6. The minimum absolute atomic E-state index is 0.0199. The number of fused-ring (bicyclic) bond motifs is 2. The standard InChI is InChI=1S/C28H27N3O3S/c1-16(32)17-8-12-19(13-9-17)30-27(33)26-25(29)24-23(18-10-14-20(34-2)15-11-18)21-6-4-3-5-7-22(21)31-28(24)35-26/h8-15H,3-7,29H2,1-2H3,(H,30,33). The molecular weight excluding hydrogens is 458 g/mol. The number of benzene rings is 2. The molecule has 1 amide bonds. The quantitative estimate of drug-likeness (QED) is 0.256. The first-order valence-corrected chi connectivity index (χ1v) is 12.6. The van der Waals surface area contributed by atoms with Gasteiger partial charge in [0.25, 0.3) is 5.91 Å². The number of nitrogens with zero attached hydrogens (tertiary/aromatic N) is 1. The second kappa shape index (κ2) is 9.50. The van der Waals surface area contributed by atoms with Crippen LogP contribution in [0.25, 0.3) is 21.3 Å². The molecule has 35 heavy (non-hydrogen) atoms. The van der Waals surface area contributed by atoms with Crippen molar-refractivity contribution in [2.45, 2.75) is 39.0 Å². The van der Waals surface area contributed by atoms with Crippen molar-refractivity contribution in [1.29, 1.82) is 0 Å². The lowest BCUT2D eigenvalue weighted by Gasteiger charge is -2.15. The molecule has 5 rings (SSSR count). The summed E-state index contributed by atoms with van der Waals surface area (Å²) in [4.78, 5) is 31.0. The number of aryl methyl sites for hydroxylation is 1. The Bertz CT molecular complexity index is 1420. The van der Waals surface area contributed by atoms with Crippen LogP contribution in [0.15, 0.2) is 48.5 Å². The molecule has 0 saturated carbocycles. The molecule has 0 saturated heterocycles. The number of ether oxygens (including phenoxy) is 1. The van der Waals surface area contributed by atoms with Gasteiger partial charge in [0.15, 0.2) is 5.78 Å². The van der Waals surface area contributed by atoms with Crippen LogP contribution in [0, 0.1) is 0 Å². The molecule has 2 aromatic carbocycles. The number of carbonyl (C=O) groups is 2. The first-order chi connectivity index (χ1) is 17.0. The maximum Gasteiger partial charge on any atom is 0.267 e. The normalized spacial score (nSPS) is 13.2. The van der Waals surface area contributed by atoms with E-state index >= 15 is 0 Å². The number of aromatic nitrogens is 1. The predicted molar refractivity (Wildman–Crippen MR) is 142 cm³/mol. The van der Waals surface area contributed by atoms with Gasteiger partial charge in [0, 0.05) is 22.3 Å². The Morgan fingerprint density at radius 3 is 2.40 bits per heavy atom. The zero-order valence-electron chi connectivity index (χ0n) is 19.8. The molecule has 0 radical (unpaired) electrons. The SMILES string of the molecule is COc1ccc(-c2c3c(nc4sc(C(=O)Nc5ccc(C(C)=O)cc5)c(N)c24)CCCCC3)cc1. The fraction of sp³-hybridized carbons (Fsp3) is 0.250. The Kier molecular flexibility index (Phi) is 6.26. The van der Waals surface area contributed by atoms with E-state index in [0.717, 1.165) is 58.5 Å². The van der Waals surface area contributed by atoms with Crippen LogP contribution in [0.2, 0.25) is 0 Å². The van der Waals surface area contributed by atoms with Gasteiger partial charge in [-0.15, -0.1) is 11.3 Å². The second-order valence-corrected chi connectivity index (χ2v) is 9.81. The third-order valence-electron chi connectivity index (χ3n) is 6.54. The van der Waals surface area contributed by atoms with Gasteiger partial charge in [-0.1, -0.05) is 18.6 Å². The van der Waals surface area contributed by atoms with Crippen molar-refractivity contribution in [1.82, 2.24) is 4.98 Å². The van der Waals surface area contributed by atoms with E-state index in [4.69, 9.17) is 15.5 Å². The van der Waals surface area contributed by atoms with Crippen molar-refractivity contribution in [3.05, 3.63) is 70.2 Å². The van der Waals surface area contributed by atoms with Crippen molar-refractivity contribution in [2.75, 3.05) is 18.2 Å². The summed E-state index contributed by atoms with van der Waals surface area (Å²) in [6.07, 6.45) is 5.27. The van der Waals surface area contributed by atoms with Gasteiger partial charge >= 0.3 is 0 Å². The number of pyridine rings is 1. The Morgan fingerprint density at radius 2 is 1.71 bits per heavy atom. The maximum absolute atomic E-state index is 13.2. The minimum Gasteiger partial charge on any atom is -0.497 e. The Labute approximate surface area is 208 Å². The third-order valence-corrected chi connectivity index (χ3v) is 7.64. The van der Waals surface area contributed by atoms with Crippen LogP contribution in [0.5, 0.6) is 5.75 Å². The van der Waals surface area contributed by atoms with Gasteiger partial charge in [-0.3, -0.25) is 9.59 Å². The Hall–Kier alpha value is -3.71. The largest absolute Gasteiger partial charge is 0.497 e. The van der Waals surface area contributed by atoms with Gasteiger partial charge in [0.2, 0.25) is 0 Å². The summed E-state index contributed by atoms with van der Waals surface area (Å²) >= 11 is 1.33. The summed E-state index contributed by atoms with van der Waals surface area (Å²) in [7, 11) is 1.65. The van der Waals surface area contributed by atoms with Crippen molar-refractivity contribution in [2.24, 2.45) is 0 Å². The molecule has 4 aromatic rings. The molecule has 2 aromatic heterocycles. The number of methoxy groups -OCH3 is 1. The number of anilines is 2. The summed E-state index contributed by atoms with van der Waals surface area (Å²) in [5.41, 5.74) is 12.8. The fourth-order valence-electron chi connectivity index (χ4n) is 4.71. The summed E-state index contributed by atoms with van der Waals surface area (Å²) in [6.45, 7) is 1.51. The highest BCUT2D eigenvalue weighted by Crippen LogP contribution is 2.44. The fourth-order valence-corrected chi connectivity index (χ4v) is 5.72. The molecule has 1 aliphatic rings. The lowest BCUT2D eigenvalue weighted by Crippen LogP contribution is -2.12. The van der Waals surface area contributed by atoms with E-state index in [-0.39, 0.29) is 11.7 Å². The van der Waals surface area contributed by atoms with E-state index in [2.05, 4.69) is 5.32 Å². The van der Waals surface area contributed by atoms with Gasteiger partial charge in [-0.05, 0) is 85.7 Å². The summed E-state index contributed by atoms with van der Waals surface area (Å²) in [6, 6.07) is 14.8. The number of nitrogens with two attached hydrogens (primary N) is 1. The number of carbonyl (C=O) groups excluding carboxylic acids is 2.